The van der Waals surface area contributed by atoms with Gasteiger partial charge in [-0.05, 0) is 90.7 Å². The molecule has 1 amide bonds. The number of hydrogen-bond donors (Lipinski definition) is 0. The molecule has 0 radical (unpaired) electrons. The Morgan fingerprint density at radius 3 is 2.53 bits per heavy atom. The Kier molecular flexibility index (Phi) is 8.42. The second kappa shape index (κ2) is 12.7. The summed E-state index contributed by atoms with van der Waals surface area (Å²) < 4.78 is 6.21. The topological polar surface area (TPSA) is 88.3 Å². The van der Waals surface area contributed by atoms with Crippen molar-refractivity contribution < 1.29 is 14.5 Å². The number of likely N-dealkylation sites (N-methyl/N-ethyl adjacent to an activating group) is 1. The molecule has 0 unspecified atom stereocenters. The van der Waals surface area contributed by atoms with Crippen molar-refractivity contribution in [1.82, 2.24) is 4.90 Å². The Hall–Kier alpha value is -4.63. The summed E-state index contributed by atoms with van der Waals surface area (Å²) in [7, 11) is 0. The van der Waals surface area contributed by atoms with E-state index in [-0.39, 0.29) is 18.2 Å². The van der Waals surface area contributed by atoms with Gasteiger partial charge in [0.15, 0.2) is 5.17 Å². The summed E-state index contributed by atoms with van der Waals surface area (Å²) in [5, 5.41) is 13.8. The Morgan fingerprint density at radius 1 is 0.977 bits per heavy atom. The van der Waals surface area contributed by atoms with Gasteiger partial charge in [-0.1, -0.05) is 42.5 Å². The zero-order valence-corrected chi connectivity index (χ0v) is 24.8. The second-order valence-electron chi connectivity index (χ2n) is 10.5. The lowest BCUT2D eigenvalue weighted by molar-refractivity contribution is -0.384. The van der Waals surface area contributed by atoms with Crippen molar-refractivity contribution >= 4 is 56.7 Å². The number of non-ortho nitro benzene ring substituents is 1. The predicted octanol–water partition coefficient (Wildman–Crippen LogP) is 7.94. The van der Waals surface area contributed by atoms with Crippen LogP contribution in [0.15, 0.2) is 94.8 Å². The first-order valence-electron chi connectivity index (χ1n) is 14.5. The van der Waals surface area contributed by atoms with E-state index in [0.717, 1.165) is 35.1 Å². The van der Waals surface area contributed by atoms with Crippen molar-refractivity contribution in [1.29, 1.82) is 0 Å². The largest absolute Gasteiger partial charge is 0.488 e. The van der Waals surface area contributed by atoms with Gasteiger partial charge >= 0.3 is 0 Å². The molecule has 9 heteroatoms. The van der Waals surface area contributed by atoms with Gasteiger partial charge in [0.05, 0.1) is 15.5 Å². The maximum Gasteiger partial charge on any atom is 0.269 e. The maximum absolute atomic E-state index is 13.6. The summed E-state index contributed by atoms with van der Waals surface area (Å²) >= 11 is 1.36. The van der Waals surface area contributed by atoms with Gasteiger partial charge in [-0.3, -0.25) is 19.8 Å². The maximum atomic E-state index is 13.6. The molecule has 0 atom stereocenters. The molecule has 0 bridgehead atoms. The molecule has 0 N–H and O–H groups in total. The molecule has 4 aromatic carbocycles. The second-order valence-corrected chi connectivity index (χ2v) is 11.5. The van der Waals surface area contributed by atoms with Gasteiger partial charge in [0, 0.05) is 43.0 Å². The third kappa shape index (κ3) is 6.27. The van der Waals surface area contributed by atoms with E-state index in [2.05, 4.69) is 17.0 Å². The summed E-state index contributed by atoms with van der Waals surface area (Å²) in [6, 6.07) is 26.5. The average molecular weight is 593 g/mol. The monoisotopic (exact) mass is 592 g/mol. The first-order chi connectivity index (χ1) is 21.0. The zero-order chi connectivity index (χ0) is 29.8. The summed E-state index contributed by atoms with van der Waals surface area (Å²) in [4.78, 5) is 33.9. The Bertz CT molecular complexity index is 1730. The lowest BCUT2D eigenvalue weighted by Gasteiger charge is -2.28. The van der Waals surface area contributed by atoms with E-state index in [1.165, 1.54) is 48.8 Å². The number of anilines is 1. The van der Waals surface area contributed by atoms with Crippen LogP contribution in [0.25, 0.3) is 16.8 Å². The third-order valence-corrected chi connectivity index (χ3v) is 8.73. The number of ether oxygens (including phenoxy) is 1. The highest BCUT2D eigenvalue weighted by Crippen LogP contribution is 2.38. The number of nitro benzene ring substituents is 1. The molecule has 43 heavy (non-hydrogen) atoms. The van der Waals surface area contributed by atoms with Crippen LogP contribution < -0.4 is 9.64 Å². The van der Waals surface area contributed by atoms with Crippen molar-refractivity contribution in [3.8, 4) is 5.75 Å². The molecule has 2 heterocycles. The highest BCUT2D eigenvalue weighted by molar-refractivity contribution is 8.18. The number of amidine groups is 1. The van der Waals surface area contributed by atoms with Gasteiger partial charge in [0.25, 0.3) is 11.6 Å². The van der Waals surface area contributed by atoms with E-state index in [9.17, 15) is 14.9 Å². The molecule has 0 aliphatic carbocycles. The van der Waals surface area contributed by atoms with Crippen molar-refractivity contribution in [2.75, 3.05) is 24.5 Å². The quantitative estimate of drug-likeness (QED) is 0.117. The van der Waals surface area contributed by atoms with Crippen LogP contribution in [-0.4, -0.2) is 40.5 Å². The van der Waals surface area contributed by atoms with E-state index in [4.69, 9.17) is 9.73 Å². The van der Waals surface area contributed by atoms with Gasteiger partial charge in [0.2, 0.25) is 0 Å². The zero-order valence-electron chi connectivity index (χ0n) is 23.9. The minimum Gasteiger partial charge on any atom is -0.488 e. The fourth-order valence-electron chi connectivity index (χ4n) is 5.47. The Morgan fingerprint density at radius 2 is 1.77 bits per heavy atom. The minimum atomic E-state index is -0.417. The molecule has 0 spiro atoms. The molecule has 2 aliphatic rings. The van der Waals surface area contributed by atoms with Gasteiger partial charge < -0.3 is 9.64 Å². The Labute approximate surface area is 254 Å². The van der Waals surface area contributed by atoms with Gasteiger partial charge in [0.1, 0.15) is 12.4 Å². The minimum absolute atomic E-state index is 0.0162. The number of fused-ring (bicyclic) bond motifs is 1. The van der Waals surface area contributed by atoms with E-state index in [1.807, 2.05) is 61.5 Å². The molecule has 2 saturated heterocycles. The molecular formula is C34H32N4O4S. The van der Waals surface area contributed by atoms with Gasteiger partial charge in [-0.25, -0.2) is 4.99 Å². The molecule has 0 saturated carbocycles. The predicted molar refractivity (Wildman–Crippen MR) is 174 cm³/mol. The number of rotatable bonds is 8. The van der Waals surface area contributed by atoms with Crippen molar-refractivity contribution in [2.45, 2.75) is 32.8 Å². The van der Waals surface area contributed by atoms with Crippen molar-refractivity contribution in [3.05, 3.63) is 111 Å². The van der Waals surface area contributed by atoms with Crippen LogP contribution >= 0.6 is 11.8 Å². The standard InChI is InChI=1S/C34H32N4O4S/c1-2-37-33(39)32(43-34(37)35-26-14-16-27(17-15-26)36-19-6-3-7-20-36)22-30-29-12-5-4-10-25(29)13-18-31(30)42-23-24-9-8-11-28(21-24)38(40)41/h4-5,8-18,21-22H,2-3,6-7,19-20,23H2,1H3/b32-22-,35-34?. The Balaban J connectivity index is 1.30. The van der Waals surface area contributed by atoms with Crippen molar-refractivity contribution in [2.24, 2.45) is 4.99 Å². The molecule has 2 aliphatic heterocycles. The van der Waals surface area contributed by atoms with E-state index in [0.29, 0.717) is 27.9 Å². The number of nitro groups is 1. The number of nitrogens with zero attached hydrogens (tertiary/aromatic N) is 4. The number of carbonyl (C=O) groups excluding carboxylic acids is 1. The summed E-state index contributed by atoms with van der Waals surface area (Å²) in [5.74, 6) is 0.488. The smallest absolute Gasteiger partial charge is 0.269 e. The SMILES string of the molecule is CCN1C(=O)/C(=C/c2c(OCc3cccc([N+](=O)[O-])c3)ccc3ccccc23)SC1=Nc1ccc(N2CCCCC2)cc1. The summed E-state index contributed by atoms with van der Waals surface area (Å²) in [6.45, 7) is 4.77. The van der Waals surface area contributed by atoms with Crippen molar-refractivity contribution in [3.63, 3.8) is 0 Å². The number of carbonyl (C=O) groups is 1. The fraction of sp³-hybridized carbons (Fsp3) is 0.235. The first-order valence-corrected chi connectivity index (χ1v) is 15.3. The van der Waals surface area contributed by atoms with E-state index < -0.39 is 4.92 Å². The van der Waals surface area contributed by atoms with Crippen LogP contribution in [0.5, 0.6) is 5.75 Å². The first kappa shape index (κ1) is 28.5. The number of hydrogen-bond acceptors (Lipinski definition) is 7. The number of piperidine rings is 1. The van der Waals surface area contributed by atoms with Crippen LogP contribution in [0.3, 0.4) is 0 Å². The molecule has 218 valence electrons. The van der Waals surface area contributed by atoms with E-state index in [1.54, 1.807) is 17.0 Å². The molecule has 0 aromatic heterocycles. The van der Waals surface area contributed by atoms with E-state index >= 15 is 0 Å². The molecule has 8 nitrogen and oxygen atoms in total. The number of aliphatic imine (C=N–C) groups is 1. The van der Waals surface area contributed by atoms with Gasteiger partial charge in [-0.15, -0.1) is 0 Å². The van der Waals surface area contributed by atoms with Gasteiger partial charge in [-0.2, -0.15) is 0 Å². The number of thioether (sulfide) groups is 1. The molecule has 6 rings (SSSR count). The van der Waals surface area contributed by atoms with Crippen LogP contribution in [0.2, 0.25) is 0 Å². The normalized spacial score (nSPS) is 17.3. The summed E-state index contributed by atoms with van der Waals surface area (Å²) in [6.07, 6.45) is 5.62. The third-order valence-electron chi connectivity index (χ3n) is 7.72. The number of amides is 1. The average Bonchev–Trinajstić information content (AvgIpc) is 3.34. The molecular weight excluding hydrogens is 560 g/mol. The van der Waals surface area contributed by atoms with Crippen LogP contribution in [0.1, 0.15) is 37.3 Å². The van der Waals surface area contributed by atoms with Crippen LogP contribution in [-0.2, 0) is 11.4 Å². The molecule has 2 fully saturated rings. The lowest BCUT2D eigenvalue weighted by atomic mass is 10.0. The lowest BCUT2D eigenvalue weighted by Crippen LogP contribution is -2.29. The van der Waals surface area contributed by atoms with Crippen LogP contribution in [0.4, 0.5) is 17.1 Å². The number of benzene rings is 4. The van der Waals surface area contributed by atoms with Crippen LogP contribution in [0, 0.1) is 10.1 Å². The highest BCUT2D eigenvalue weighted by Gasteiger charge is 2.32. The molecule has 4 aromatic rings. The summed E-state index contributed by atoms with van der Waals surface area (Å²) in [5.41, 5.74) is 3.50. The highest BCUT2D eigenvalue weighted by atomic mass is 32.2. The fourth-order valence-corrected chi connectivity index (χ4v) is 6.52.